The zero-order valence-electron chi connectivity index (χ0n) is 12.8. The number of aryl methyl sites for hydroxylation is 1. The van der Waals surface area contributed by atoms with Crippen LogP contribution in [0.25, 0.3) is 0 Å². The van der Waals surface area contributed by atoms with Crippen molar-refractivity contribution in [3.8, 4) is 0 Å². The van der Waals surface area contributed by atoms with Crippen molar-refractivity contribution in [3.63, 3.8) is 0 Å². The molecule has 1 fully saturated rings. The highest BCUT2D eigenvalue weighted by Crippen LogP contribution is 2.26. The van der Waals surface area contributed by atoms with Crippen LogP contribution in [0.2, 0.25) is 0 Å². The molecule has 1 aromatic carbocycles. The first-order valence-electron chi connectivity index (χ1n) is 7.83. The molecule has 0 bridgehead atoms. The van der Waals surface area contributed by atoms with Crippen LogP contribution in [0.3, 0.4) is 0 Å². The molecule has 2 aromatic rings. The Morgan fingerprint density at radius 3 is 2.86 bits per heavy atom. The number of amides is 1. The van der Waals surface area contributed by atoms with Crippen LogP contribution in [-0.2, 0) is 13.1 Å². The molecule has 114 valence electrons. The van der Waals surface area contributed by atoms with Gasteiger partial charge in [0.15, 0.2) is 0 Å². The number of hydrogen-bond acceptors (Lipinski definition) is 3. The number of nitrogens with zero attached hydrogens (tertiary/aromatic N) is 4. The molecule has 0 saturated carbocycles. The molecular formula is C17H20N4O. The summed E-state index contributed by atoms with van der Waals surface area (Å²) in [6, 6.07) is 10.9. The van der Waals surface area contributed by atoms with E-state index in [-0.39, 0.29) is 6.03 Å². The maximum Gasteiger partial charge on any atom is 0.330 e. The standard InChI is InChI=1S/C17H20N4O/c1-13-18-9-16-12-20(17(22)21(13)16)15-7-8-19(11-15)10-14-5-3-2-4-6-14/h2-6,9,15H,7-8,10-12H2,1H3. The molecule has 0 aliphatic carbocycles. The second-order valence-corrected chi connectivity index (χ2v) is 6.21. The minimum atomic E-state index is 0.0940. The Kier molecular flexibility index (Phi) is 3.22. The van der Waals surface area contributed by atoms with Crippen LogP contribution in [-0.4, -0.2) is 44.5 Å². The summed E-state index contributed by atoms with van der Waals surface area (Å²) < 4.78 is 1.75. The van der Waals surface area contributed by atoms with Crippen LogP contribution >= 0.6 is 0 Å². The number of hydrogen-bond donors (Lipinski definition) is 0. The van der Waals surface area contributed by atoms with Crippen LogP contribution in [0, 0.1) is 6.92 Å². The van der Waals surface area contributed by atoms with Gasteiger partial charge in [0.05, 0.1) is 18.4 Å². The van der Waals surface area contributed by atoms with E-state index in [2.05, 4.69) is 34.1 Å². The highest BCUT2D eigenvalue weighted by Gasteiger charge is 2.37. The summed E-state index contributed by atoms with van der Waals surface area (Å²) in [6.07, 6.45) is 2.87. The second-order valence-electron chi connectivity index (χ2n) is 6.21. The molecule has 1 unspecified atom stereocenters. The lowest BCUT2D eigenvalue weighted by molar-refractivity contribution is 0.184. The third kappa shape index (κ3) is 2.22. The number of imidazole rings is 1. The van der Waals surface area contributed by atoms with Gasteiger partial charge in [0, 0.05) is 25.7 Å². The molecule has 1 amide bonds. The van der Waals surface area contributed by atoms with Gasteiger partial charge in [-0.15, -0.1) is 0 Å². The van der Waals surface area contributed by atoms with E-state index in [1.54, 1.807) is 4.57 Å². The lowest BCUT2D eigenvalue weighted by atomic mass is 10.2. The quantitative estimate of drug-likeness (QED) is 0.872. The van der Waals surface area contributed by atoms with E-state index in [0.717, 1.165) is 37.6 Å². The maximum atomic E-state index is 12.6. The fraction of sp³-hybridized carbons (Fsp3) is 0.412. The monoisotopic (exact) mass is 296 g/mol. The highest BCUT2D eigenvalue weighted by molar-refractivity contribution is 5.81. The lowest BCUT2D eigenvalue weighted by Gasteiger charge is -2.23. The van der Waals surface area contributed by atoms with Gasteiger partial charge in [0.25, 0.3) is 0 Å². The molecule has 1 saturated heterocycles. The molecule has 0 spiro atoms. The van der Waals surface area contributed by atoms with Gasteiger partial charge < -0.3 is 4.90 Å². The number of aromatic nitrogens is 2. The fourth-order valence-electron chi connectivity index (χ4n) is 3.57. The summed E-state index contributed by atoms with van der Waals surface area (Å²) in [5.74, 6) is 0.793. The number of rotatable bonds is 3. The fourth-order valence-corrected chi connectivity index (χ4v) is 3.57. The van der Waals surface area contributed by atoms with Crippen molar-refractivity contribution in [3.05, 3.63) is 53.6 Å². The average Bonchev–Trinajstić information content (AvgIpc) is 3.19. The van der Waals surface area contributed by atoms with E-state index >= 15 is 0 Å². The molecule has 5 nitrogen and oxygen atoms in total. The molecule has 5 heteroatoms. The number of fused-ring (bicyclic) bond motifs is 1. The number of carbonyl (C=O) groups excluding carboxylic acids is 1. The summed E-state index contributed by atoms with van der Waals surface area (Å²) in [5.41, 5.74) is 2.35. The largest absolute Gasteiger partial charge is 0.330 e. The first kappa shape index (κ1) is 13.5. The van der Waals surface area contributed by atoms with Gasteiger partial charge in [-0.2, -0.15) is 0 Å². The molecule has 4 rings (SSSR count). The average molecular weight is 296 g/mol. The van der Waals surface area contributed by atoms with Gasteiger partial charge in [-0.25, -0.2) is 9.78 Å². The molecule has 22 heavy (non-hydrogen) atoms. The third-order valence-corrected chi connectivity index (χ3v) is 4.72. The topological polar surface area (TPSA) is 41.4 Å². The van der Waals surface area contributed by atoms with E-state index in [1.807, 2.05) is 24.1 Å². The Morgan fingerprint density at radius 1 is 1.27 bits per heavy atom. The molecule has 1 aromatic heterocycles. The Balaban J connectivity index is 1.43. The minimum Gasteiger partial charge on any atom is -0.314 e. The molecule has 0 N–H and O–H groups in total. The molecule has 2 aliphatic heterocycles. The smallest absolute Gasteiger partial charge is 0.314 e. The van der Waals surface area contributed by atoms with Crippen molar-refractivity contribution < 1.29 is 4.79 Å². The number of likely N-dealkylation sites (tertiary alicyclic amines) is 1. The normalized spacial score (nSPS) is 21.6. The summed E-state index contributed by atoms with van der Waals surface area (Å²) in [6.45, 7) is 5.56. The van der Waals surface area contributed by atoms with E-state index in [9.17, 15) is 4.79 Å². The van der Waals surface area contributed by atoms with E-state index in [1.165, 1.54) is 5.56 Å². The van der Waals surface area contributed by atoms with Crippen LogP contribution in [0.15, 0.2) is 36.5 Å². The van der Waals surface area contributed by atoms with Crippen molar-refractivity contribution >= 4 is 6.03 Å². The predicted octanol–water partition coefficient (Wildman–Crippen LogP) is 2.25. The summed E-state index contributed by atoms with van der Waals surface area (Å²) in [5, 5.41) is 0. The van der Waals surface area contributed by atoms with E-state index < -0.39 is 0 Å². The molecule has 2 aliphatic rings. The number of benzene rings is 1. The van der Waals surface area contributed by atoms with Gasteiger partial charge in [-0.3, -0.25) is 9.47 Å². The van der Waals surface area contributed by atoms with Crippen LogP contribution in [0.4, 0.5) is 4.79 Å². The Hall–Kier alpha value is -2.14. The van der Waals surface area contributed by atoms with Crippen molar-refractivity contribution in [2.24, 2.45) is 0 Å². The van der Waals surface area contributed by atoms with Crippen molar-refractivity contribution in [1.82, 2.24) is 19.4 Å². The molecule has 1 atom stereocenters. The zero-order valence-corrected chi connectivity index (χ0v) is 12.8. The van der Waals surface area contributed by atoms with Gasteiger partial charge in [-0.1, -0.05) is 30.3 Å². The van der Waals surface area contributed by atoms with Gasteiger partial charge in [-0.05, 0) is 18.9 Å². The zero-order chi connectivity index (χ0) is 15.1. The first-order chi connectivity index (χ1) is 10.7. The molecule has 0 radical (unpaired) electrons. The third-order valence-electron chi connectivity index (χ3n) is 4.72. The van der Waals surface area contributed by atoms with Crippen LogP contribution < -0.4 is 0 Å². The van der Waals surface area contributed by atoms with Crippen molar-refractivity contribution in [2.45, 2.75) is 32.5 Å². The number of carbonyl (C=O) groups is 1. The van der Waals surface area contributed by atoms with Crippen LogP contribution in [0.5, 0.6) is 0 Å². The van der Waals surface area contributed by atoms with Crippen LogP contribution in [0.1, 0.15) is 23.5 Å². The first-order valence-corrected chi connectivity index (χ1v) is 7.83. The minimum absolute atomic E-state index is 0.0940. The SMILES string of the molecule is Cc1ncc2n1C(=O)N(C1CCN(Cc3ccccc3)C1)C2. The molecular weight excluding hydrogens is 276 g/mol. The van der Waals surface area contributed by atoms with Gasteiger partial charge >= 0.3 is 6.03 Å². The Labute approximate surface area is 130 Å². The molecule has 3 heterocycles. The summed E-state index contributed by atoms with van der Waals surface area (Å²) >= 11 is 0. The van der Waals surface area contributed by atoms with Crippen molar-refractivity contribution in [2.75, 3.05) is 13.1 Å². The van der Waals surface area contributed by atoms with E-state index in [0.29, 0.717) is 12.6 Å². The predicted molar refractivity (Wildman–Crippen MR) is 83.4 cm³/mol. The van der Waals surface area contributed by atoms with Gasteiger partial charge in [0.1, 0.15) is 5.82 Å². The second kappa shape index (κ2) is 5.25. The lowest BCUT2D eigenvalue weighted by Crippen LogP contribution is -2.39. The van der Waals surface area contributed by atoms with E-state index in [4.69, 9.17) is 0 Å². The summed E-state index contributed by atoms with van der Waals surface area (Å²) in [7, 11) is 0. The van der Waals surface area contributed by atoms with Crippen molar-refractivity contribution in [1.29, 1.82) is 0 Å². The highest BCUT2D eigenvalue weighted by atomic mass is 16.2. The summed E-state index contributed by atoms with van der Waals surface area (Å²) in [4.78, 5) is 21.2. The Bertz CT molecular complexity index is 694. The van der Waals surface area contributed by atoms with Gasteiger partial charge in [0.2, 0.25) is 0 Å². The maximum absolute atomic E-state index is 12.6. The Morgan fingerprint density at radius 2 is 2.09 bits per heavy atom.